The van der Waals surface area contributed by atoms with Gasteiger partial charge in [-0.3, -0.25) is 9.59 Å². The van der Waals surface area contributed by atoms with E-state index in [1.165, 1.54) is 24.3 Å². The van der Waals surface area contributed by atoms with Crippen molar-refractivity contribution in [3.63, 3.8) is 0 Å². The molecule has 1 unspecified atom stereocenters. The molecule has 2 amide bonds. The van der Waals surface area contributed by atoms with E-state index in [-0.39, 0.29) is 29.0 Å². The van der Waals surface area contributed by atoms with Gasteiger partial charge in [-0.1, -0.05) is 41.9 Å². The van der Waals surface area contributed by atoms with Crippen LogP contribution in [-0.4, -0.2) is 27.6 Å². The van der Waals surface area contributed by atoms with Crippen LogP contribution in [0.25, 0.3) is 0 Å². The summed E-state index contributed by atoms with van der Waals surface area (Å²) in [7, 11) is 0. The molecule has 1 heterocycles. The molecule has 3 aromatic rings. The molecule has 12 heteroatoms. The van der Waals surface area contributed by atoms with Crippen molar-refractivity contribution in [2.24, 2.45) is 16.8 Å². The number of hydrogen-bond acceptors (Lipinski definition) is 7. The number of amidine groups is 1. The number of hydrogen-bond donors (Lipinski definition) is 5. The van der Waals surface area contributed by atoms with Gasteiger partial charge < -0.3 is 21.9 Å². The Morgan fingerprint density at radius 3 is 2.38 bits per heavy atom. The Balaban J connectivity index is 1.63. The maximum absolute atomic E-state index is 13.3. The Labute approximate surface area is 199 Å². The number of nitrogens with zero attached hydrogens (tertiary/aromatic N) is 3. The molecule has 0 saturated heterocycles. The molecule has 0 spiro atoms. The molecule has 0 radical (unpaired) electrons. The van der Waals surface area contributed by atoms with Crippen LogP contribution < -0.4 is 27.7 Å². The van der Waals surface area contributed by atoms with E-state index in [0.717, 1.165) is 11.9 Å². The molecule has 1 atom stereocenters. The Morgan fingerprint density at radius 1 is 1.09 bits per heavy atom. The molecule has 3 rings (SSSR count). The zero-order valence-corrected chi connectivity index (χ0v) is 18.8. The van der Waals surface area contributed by atoms with Gasteiger partial charge in [-0.2, -0.15) is 5.10 Å². The van der Waals surface area contributed by atoms with Gasteiger partial charge in [-0.25, -0.2) is 20.2 Å². The maximum atomic E-state index is 13.3. The van der Waals surface area contributed by atoms with E-state index in [1.54, 1.807) is 31.2 Å². The van der Waals surface area contributed by atoms with Crippen LogP contribution in [0.1, 0.15) is 50.6 Å². The van der Waals surface area contributed by atoms with Crippen LogP contribution in [0.3, 0.4) is 0 Å². The minimum absolute atomic E-state index is 0.00764. The van der Waals surface area contributed by atoms with E-state index in [0.29, 0.717) is 17.0 Å². The van der Waals surface area contributed by atoms with Gasteiger partial charge in [0.25, 0.3) is 11.8 Å². The van der Waals surface area contributed by atoms with Crippen LogP contribution in [0.5, 0.6) is 0 Å². The first kappa shape index (κ1) is 24.6. The lowest BCUT2D eigenvalue weighted by Gasteiger charge is -2.15. The van der Waals surface area contributed by atoms with E-state index < -0.39 is 17.6 Å². The highest BCUT2D eigenvalue weighted by atomic mass is 35.5. The van der Waals surface area contributed by atoms with Gasteiger partial charge in [0.15, 0.2) is 5.84 Å². The van der Waals surface area contributed by atoms with Crippen LogP contribution >= 0.6 is 11.6 Å². The zero-order valence-electron chi connectivity index (χ0n) is 18.0. The number of carbonyl (C=O) groups excluding carboxylic acids is 2. The van der Waals surface area contributed by atoms with Crippen molar-refractivity contribution in [2.75, 3.05) is 0 Å². The maximum Gasteiger partial charge on any atom is 0.270 e. The van der Waals surface area contributed by atoms with Crippen molar-refractivity contribution in [2.45, 2.75) is 19.5 Å². The Morgan fingerprint density at radius 2 is 1.76 bits per heavy atom. The predicted molar refractivity (Wildman–Crippen MR) is 125 cm³/mol. The number of benzene rings is 2. The number of hydrazine groups is 1. The molecular formula is C22H22ClFN8O2. The molecule has 10 nitrogen and oxygen atoms in total. The summed E-state index contributed by atoms with van der Waals surface area (Å²) in [6.45, 7) is 1.91. The lowest BCUT2D eigenvalue weighted by molar-refractivity contribution is 0.0934. The minimum Gasteiger partial charge on any atom is -0.347 e. The second-order valence-corrected chi connectivity index (χ2v) is 7.57. The van der Waals surface area contributed by atoms with Gasteiger partial charge in [0.2, 0.25) is 0 Å². The first-order valence-electron chi connectivity index (χ1n) is 10.0. The summed E-state index contributed by atoms with van der Waals surface area (Å²) in [4.78, 5) is 33.0. The van der Waals surface area contributed by atoms with Crippen LogP contribution in [0.15, 0.2) is 60.0 Å². The van der Waals surface area contributed by atoms with Crippen molar-refractivity contribution in [3.8, 4) is 0 Å². The van der Waals surface area contributed by atoms with Gasteiger partial charge in [0.1, 0.15) is 23.5 Å². The van der Waals surface area contributed by atoms with E-state index >= 15 is 0 Å². The second kappa shape index (κ2) is 11.2. The van der Waals surface area contributed by atoms with Crippen molar-refractivity contribution in [1.82, 2.24) is 26.0 Å². The third kappa shape index (κ3) is 6.03. The van der Waals surface area contributed by atoms with E-state index in [2.05, 4.69) is 31.1 Å². The molecule has 2 aromatic carbocycles. The minimum atomic E-state index is -0.546. The highest BCUT2D eigenvalue weighted by molar-refractivity contribution is 6.30. The number of hydrazone groups is 1. The number of rotatable bonds is 7. The van der Waals surface area contributed by atoms with E-state index in [9.17, 15) is 14.0 Å². The molecule has 0 aliphatic heterocycles. The largest absolute Gasteiger partial charge is 0.347 e. The summed E-state index contributed by atoms with van der Waals surface area (Å²) in [5.74, 6) is 9.39. The number of nitrogens with two attached hydrogens (primary N) is 2. The average molecular weight is 485 g/mol. The van der Waals surface area contributed by atoms with Gasteiger partial charge in [0, 0.05) is 18.2 Å². The predicted octanol–water partition coefficient (Wildman–Crippen LogP) is 1.77. The lowest BCUT2D eigenvalue weighted by atomic mass is 10.1. The fourth-order valence-electron chi connectivity index (χ4n) is 3.01. The molecule has 176 valence electrons. The van der Waals surface area contributed by atoms with E-state index in [1.807, 2.05) is 0 Å². The van der Waals surface area contributed by atoms with Crippen molar-refractivity contribution in [1.29, 1.82) is 0 Å². The first-order valence-corrected chi connectivity index (χ1v) is 10.4. The van der Waals surface area contributed by atoms with E-state index in [4.69, 9.17) is 23.3 Å². The SMILES string of the molecule is CC(NC(=O)c1cc(C(=O)NCc2ccc(F)c(Cl)c2)ncn1)c1ccc(/C(=N/N)NN)cc1. The molecule has 0 bridgehead atoms. The Bertz CT molecular complexity index is 1220. The highest BCUT2D eigenvalue weighted by Gasteiger charge is 2.16. The van der Waals surface area contributed by atoms with Gasteiger partial charge in [0.05, 0.1) is 11.1 Å². The van der Waals surface area contributed by atoms with Crippen LogP contribution in [-0.2, 0) is 6.54 Å². The van der Waals surface area contributed by atoms with Crippen LogP contribution in [0.2, 0.25) is 5.02 Å². The van der Waals surface area contributed by atoms with Crippen molar-refractivity contribution < 1.29 is 14.0 Å². The topological polar surface area (TPSA) is 160 Å². The number of amides is 2. The summed E-state index contributed by atoms with van der Waals surface area (Å²) in [6, 6.07) is 12.2. The number of aromatic nitrogens is 2. The highest BCUT2D eigenvalue weighted by Crippen LogP contribution is 2.16. The lowest BCUT2D eigenvalue weighted by Crippen LogP contribution is -2.32. The molecule has 7 N–H and O–H groups in total. The summed E-state index contributed by atoms with van der Waals surface area (Å²) in [6.07, 6.45) is 1.13. The first-order chi connectivity index (χ1) is 16.3. The van der Waals surface area contributed by atoms with Gasteiger partial charge in [-0.15, -0.1) is 0 Å². The van der Waals surface area contributed by atoms with Crippen LogP contribution in [0, 0.1) is 5.82 Å². The van der Waals surface area contributed by atoms with Crippen molar-refractivity contribution >= 4 is 29.3 Å². The second-order valence-electron chi connectivity index (χ2n) is 7.16. The molecule has 1 aromatic heterocycles. The number of nitrogens with one attached hydrogen (secondary N) is 3. The number of carbonyl (C=O) groups is 2. The fraction of sp³-hybridized carbons (Fsp3) is 0.136. The standard InChI is InChI=1S/C22H22ClFN8O2/c1-12(14-3-5-15(6-4-14)20(31-25)32-26)30-22(34)19-9-18(28-11-29-19)21(33)27-10-13-2-7-17(24)16(23)8-13/h2-9,11-12H,10,25-26H2,1H3,(H,27,33)(H,30,34)(H,31,32). The summed E-state index contributed by atoms with van der Waals surface area (Å²) in [5.41, 5.74) is 4.54. The third-order valence-electron chi connectivity index (χ3n) is 4.87. The zero-order chi connectivity index (χ0) is 24.7. The molecule has 34 heavy (non-hydrogen) atoms. The Kier molecular flexibility index (Phi) is 8.06. The van der Waals surface area contributed by atoms with Gasteiger partial charge in [-0.05, 0) is 30.2 Å². The molecule has 0 fully saturated rings. The normalized spacial score (nSPS) is 12.1. The third-order valence-corrected chi connectivity index (χ3v) is 5.16. The number of halogens is 2. The Hall–Kier alpha value is -4.09. The average Bonchev–Trinajstić information content (AvgIpc) is 2.85. The summed E-state index contributed by atoms with van der Waals surface area (Å²) < 4.78 is 13.3. The quantitative estimate of drug-likeness (QED) is 0.148. The summed E-state index contributed by atoms with van der Waals surface area (Å²) >= 11 is 5.75. The molecular weight excluding hydrogens is 463 g/mol. The molecule has 0 aliphatic rings. The fourth-order valence-corrected chi connectivity index (χ4v) is 3.21. The molecule has 0 aliphatic carbocycles. The summed E-state index contributed by atoms with van der Waals surface area (Å²) in [5, 5.41) is 8.96. The smallest absolute Gasteiger partial charge is 0.270 e. The van der Waals surface area contributed by atoms with Crippen LogP contribution in [0.4, 0.5) is 4.39 Å². The monoisotopic (exact) mass is 484 g/mol. The van der Waals surface area contributed by atoms with Crippen molar-refractivity contribution in [3.05, 3.63) is 93.8 Å². The van der Waals surface area contributed by atoms with Gasteiger partial charge >= 0.3 is 0 Å². The molecule has 0 saturated carbocycles.